The van der Waals surface area contributed by atoms with E-state index < -0.39 is 22.0 Å². The molecule has 1 N–H and O–H groups in total. The number of ether oxygens (including phenoxy) is 2. The number of hydrogen-bond donors (Lipinski definition) is 1. The number of hydrogen-bond acceptors (Lipinski definition) is 5. The van der Waals surface area contributed by atoms with Gasteiger partial charge in [0.2, 0.25) is 15.9 Å². The number of methoxy groups -OCH3 is 2. The molecule has 1 unspecified atom stereocenters. The van der Waals surface area contributed by atoms with Gasteiger partial charge < -0.3 is 14.8 Å². The van der Waals surface area contributed by atoms with E-state index in [-0.39, 0.29) is 0 Å². The van der Waals surface area contributed by atoms with E-state index in [1.165, 1.54) is 18.5 Å². The highest BCUT2D eigenvalue weighted by atomic mass is 32.2. The maximum atomic E-state index is 13.1. The lowest BCUT2D eigenvalue weighted by Crippen LogP contribution is -2.47. The Balaban J connectivity index is 2.46. The van der Waals surface area contributed by atoms with Crippen molar-refractivity contribution in [1.82, 2.24) is 0 Å². The number of rotatable bonds is 8. The van der Waals surface area contributed by atoms with Gasteiger partial charge in [-0.2, -0.15) is 0 Å². The Hall–Kier alpha value is -2.74. The molecule has 0 aliphatic heterocycles. The number of aryl methyl sites for hydroxylation is 2. The van der Waals surface area contributed by atoms with Gasteiger partial charge in [0.1, 0.15) is 17.5 Å². The van der Waals surface area contributed by atoms with Crippen molar-refractivity contribution < 1.29 is 22.7 Å². The SMILES string of the molecule is CCC(C(=O)Nc1ccc(OC)cc1OC)N(c1cc(C)ccc1C)S(C)(=O)=O. The molecule has 0 radical (unpaired) electrons. The average molecular weight is 421 g/mol. The molecule has 8 heteroatoms. The lowest BCUT2D eigenvalue weighted by molar-refractivity contribution is -0.117. The molecule has 0 spiro atoms. The van der Waals surface area contributed by atoms with Crippen molar-refractivity contribution in [2.45, 2.75) is 33.2 Å². The summed E-state index contributed by atoms with van der Waals surface area (Å²) in [7, 11) is -0.688. The molecule has 7 nitrogen and oxygen atoms in total. The van der Waals surface area contributed by atoms with Crippen LogP contribution in [0, 0.1) is 13.8 Å². The van der Waals surface area contributed by atoms with Gasteiger partial charge in [-0.1, -0.05) is 19.1 Å². The summed E-state index contributed by atoms with van der Waals surface area (Å²) in [5.74, 6) is 0.563. The van der Waals surface area contributed by atoms with Gasteiger partial charge >= 0.3 is 0 Å². The summed E-state index contributed by atoms with van der Waals surface area (Å²) in [5, 5.41) is 2.79. The van der Waals surface area contributed by atoms with Crippen LogP contribution in [0.5, 0.6) is 11.5 Å². The summed E-state index contributed by atoms with van der Waals surface area (Å²) in [6, 6.07) is 9.61. The van der Waals surface area contributed by atoms with Gasteiger partial charge in [-0.25, -0.2) is 8.42 Å². The van der Waals surface area contributed by atoms with Crippen molar-refractivity contribution in [3.8, 4) is 11.5 Å². The molecule has 0 bridgehead atoms. The van der Waals surface area contributed by atoms with Gasteiger partial charge in [0.15, 0.2) is 0 Å². The number of nitrogens with one attached hydrogen (secondary N) is 1. The predicted octanol–water partition coefficient (Wildman–Crippen LogP) is 3.50. The monoisotopic (exact) mass is 420 g/mol. The molecule has 0 fully saturated rings. The van der Waals surface area contributed by atoms with E-state index in [9.17, 15) is 13.2 Å². The molecule has 2 rings (SSSR count). The first-order valence-corrected chi connectivity index (χ1v) is 11.1. The minimum absolute atomic E-state index is 0.296. The lowest BCUT2D eigenvalue weighted by Gasteiger charge is -2.31. The van der Waals surface area contributed by atoms with Crippen molar-refractivity contribution in [3.05, 3.63) is 47.5 Å². The molecule has 0 aliphatic carbocycles. The maximum Gasteiger partial charge on any atom is 0.248 e. The lowest BCUT2D eigenvalue weighted by atomic mass is 10.1. The van der Waals surface area contributed by atoms with E-state index >= 15 is 0 Å². The van der Waals surface area contributed by atoms with Gasteiger partial charge in [0.25, 0.3) is 0 Å². The molecule has 29 heavy (non-hydrogen) atoms. The minimum atomic E-state index is -3.71. The second-order valence-electron chi connectivity index (χ2n) is 6.83. The fourth-order valence-electron chi connectivity index (χ4n) is 3.11. The largest absolute Gasteiger partial charge is 0.497 e. The van der Waals surface area contributed by atoms with Crippen molar-refractivity contribution in [3.63, 3.8) is 0 Å². The Morgan fingerprint density at radius 1 is 1.10 bits per heavy atom. The number of anilines is 2. The fraction of sp³-hybridized carbons (Fsp3) is 0.381. The van der Waals surface area contributed by atoms with Crippen LogP contribution in [-0.4, -0.2) is 40.8 Å². The average Bonchev–Trinajstić information content (AvgIpc) is 2.67. The summed E-state index contributed by atoms with van der Waals surface area (Å²) in [4.78, 5) is 13.1. The van der Waals surface area contributed by atoms with Crippen LogP contribution in [0.2, 0.25) is 0 Å². The van der Waals surface area contributed by atoms with Crippen LogP contribution < -0.4 is 19.1 Å². The van der Waals surface area contributed by atoms with Crippen LogP contribution in [0.1, 0.15) is 24.5 Å². The highest BCUT2D eigenvalue weighted by Crippen LogP contribution is 2.31. The summed E-state index contributed by atoms with van der Waals surface area (Å²) >= 11 is 0. The van der Waals surface area contributed by atoms with Gasteiger partial charge in [0.05, 0.1) is 31.9 Å². The van der Waals surface area contributed by atoms with E-state index in [1.807, 2.05) is 26.0 Å². The Labute approximate surface area is 172 Å². The van der Waals surface area contributed by atoms with Crippen molar-refractivity contribution in [2.75, 3.05) is 30.1 Å². The number of nitrogens with zero attached hydrogens (tertiary/aromatic N) is 1. The topological polar surface area (TPSA) is 84.9 Å². The third-order valence-corrected chi connectivity index (χ3v) is 5.76. The van der Waals surface area contributed by atoms with E-state index in [0.717, 1.165) is 17.4 Å². The third kappa shape index (κ3) is 5.20. The van der Waals surface area contributed by atoms with Crippen molar-refractivity contribution in [2.24, 2.45) is 0 Å². The summed E-state index contributed by atoms with van der Waals surface area (Å²) < 4.78 is 37.0. The molecule has 1 atom stereocenters. The second-order valence-corrected chi connectivity index (χ2v) is 8.69. The first-order valence-electron chi connectivity index (χ1n) is 9.21. The summed E-state index contributed by atoms with van der Waals surface area (Å²) in [6.07, 6.45) is 1.41. The molecule has 1 amide bonds. The molecular formula is C21H28N2O5S. The molecule has 0 heterocycles. The number of amides is 1. The molecule has 2 aromatic carbocycles. The zero-order chi connectivity index (χ0) is 21.8. The highest BCUT2D eigenvalue weighted by Gasteiger charge is 2.32. The number of carbonyl (C=O) groups is 1. The van der Waals surface area contributed by atoms with Crippen molar-refractivity contribution >= 4 is 27.3 Å². The van der Waals surface area contributed by atoms with Gasteiger partial charge in [-0.15, -0.1) is 0 Å². The zero-order valence-corrected chi connectivity index (χ0v) is 18.5. The molecular weight excluding hydrogens is 392 g/mol. The Morgan fingerprint density at radius 3 is 2.34 bits per heavy atom. The Morgan fingerprint density at radius 2 is 1.79 bits per heavy atom. The van der Waals surface area contributed by atoms with E-state index in [1.54, 1.807) is 31.2 Å². The van der Waals surface area contributed by atoms with E-state index in [2.05, 4.69) is 5.32 Å². The fourth-order valence-corrected chi connectivity index (χ4v) is 4.37. The van der Waals surface area contributed by atoms with Gasteiger partial charge in [0, 0.05) is 6.07 Å². The smallest absolute Gasteiger partial charge is 0.248 e. The maximum absolute atomic E-state index is 13.1. The second kappa shape index (κ2) is 9.17. The first kappa shape index (κ1) is 22.5. The summed E-state index contributed by atoms with van der Waals surface area (Å²) in [5.41, 5.74) is 2.61. The number of carbonyl (C=O) groups excluding carboxylic acids is 1. The zero-order valence-electron chi connectivity index (χ0n) is 17.6. The first-order chi connectivity index (χ1) is 13.6. The third-order valence-electron chi connectivity index (χ3n) is 4.60. The molecule has 0 aromatic heterocycles. The quantitative estimate of drug-likeness (QED) is 0.706. The van der Waals surface area contributed by atoms with Crippen LogP contribution in [0.25, 0.3) is 0 Å². The molecule has 2 aromatic rings. The van der Waals surface area contributed by atoms with Crippen LogP contribution in [0.4, 0.5) is 11.4 Å². The van der Waals surface area contributed by atoms with Gasteiger partial charge in [-0.3, -0.25) is 9.10 Å². The summed E-state index contributed by atoms with van der Waals surface area (Å²) in [6.45, 7) is 5.48. The highest BCUT2D eigenvalue weighted by molar-refractivity contribution is 7.92. The van der Waals surface area contributed by atoms with Crippen LogP contribution in [0.3, 0.4) is 0 Å². The van der Waals surface area contributed by atoms with E-state index in [0.29, 0.717) is 29.3 Å². The Bertz CT molecular complexity index is 989. The minimum Gasteiger partial charge on any atom is -0.497 e. The number of benzene rings is 2. The molecule has 0 aliphatic rings. The van der Waals surface area contributed by atoms with E-state index in [4.69, 9.17) is 9.47 Å². The van der Waals surface area contributed by atoms with Crippen LogP contribution in [0.15, 0.2) is 36.4 Å². The van der Waals surface area contributed by atoms with Crippen molar-refractivity contribution in [1.29, 1.82) is 0 Å². The van der Waals surface area contributed by atoms with Crippen LogP contribution >= 0.6 is 0 Å². The van der Waals surface area contributed by atoms with Gasteiger partial charge in [-0.05, 0) is 49.6 Å². The molecule has 0 saturated carbocycles. The number of sulfonamides is 1. The molecule has 0 saturated heterocycles. The predicted molar refractivity (Wildman–Crippen MR) is 115 cm³/mol. The van der Waals surface area contributed by atoms with Crippen LogP contribution in [-0.2, 0) is 14.8 Å². The normalized spacial score (nSPS) is 12.2. The molecule has 158 valence electrons. The Kier molecular flexibility index (Phi) is 7.13. The standard InChI is InChI=1S/C21H28N2O5S/c1-7-18(21(24)22-17-11-10-16(27-4)13-20(17)28-5)23(29(6,25)26)19-12-14(2)8-9-15(19)3/h8-13,18H,7H2,1-6H3,(H,22,24).